The van der Waals surface area contributed by atoms with Crippen molar-refractivity contribution >= 4 is 11.4 Å². The monoisotopic (exact) mass is 556 g/mol. The summed E-state index contributed by atoms with van der Waals surface area (Å²) in [5.41, 5.74) is 5.17. The van der Waals surface area contributed by atoms with Gasteiger partial charge in [-0.25, -0.2) is 0 Å². The normalized spacial score (nSPS) is 25.2. The largest absolute Gasteiger partial charge is 2.00 e. The molecule has 6 nitrogen and oxygen atoms in total. The van der Waals surface area contributed by atoms with Crippen molar-refractivity contribution in [2.24, 2.45) is 0 Å². The smallest absolute Gasteiger partial charge is 1.00 e. The fourth-order valence-electron chi connectivity index (χ4n) is 4.13. The fraction of sp³-hybridized carbons (Fsp3) is 0.520. The molecule has 4 unspecified atom stereocenters. The van der Waals surface area contributed by atoms with Crippen molar-refractivity contribution in [2.45, 2.75) is 30.8 Å². The molecule has 4 heterocycles. The molecule has 4 saturated heterocycles. The molecule has 0 aromatic heterocycles. The van der Waals surface area contributed by atoms with Gasteiger partial charge in [-0.2, -0.15) is 0 Å². The first-order valence-corrected chi connectivity index (χ1v) is 11.4. The van der Waals surface area contributed by atoms with Gasteiger partial charge < -0.3 is 53.6 Å². The molecule has 2 aromatic carbocycles. The number of halogens is 2. The van der Waals surface area contributed by atoms with E-state index in [1.54, 1.807) is 0 Å². The van der Waals surface area contributed by atoms with E-state index in [-0.39, 0.29) is 44.3 Å². The maximum atomic E-state index is 5.44. The summed E-state index contributed by atoms with van der Waals surface area (Å²) in [7, 11) is 0. The first-order chi connectivity index (χ1) is 15.3. The molecule has 0 spiro atoms. The molecule has 4 fully saturated rings. The molecule has 0 aliphatic carbocycles. The average Bonchev–Trinajstić information content (AvgIpc) is 3.63. The Morgan fingerprint density at radius 3 is 1.03 bits per heavy atom. The third-order valence-corrected chi connectivity index (χ3v) is 6.32. The van der Waals surface area contributed by atoms with E-state index in [0.29, 0.717) is 24.4 Å². The van der Waals surface area contributed by atoms with Crippen LogP contribution in [0.5, 0.6) is 0 Å². The van der Waals surface area contributed by atoms with Crippen LogP contribution < -0.4 is 34.6 Å². The van der Waals surface area contributed by atoms with Crippen molar-refractivity contribution in [1.29, 1.82) is 0 Å². The minimum atomic E-state index is 0. The van der Waals surface area contributed by atoms with Gasteiger partial charge in [0.2, 0.25) is 0 Å². The van der Waals surface area contributed by atoms with Crippen LogP contribution in [0.15, 0.2) is 48.5 Å². The van der Waals surface area contributed by atoms with E-state index in [0.717, 1.165) is 59.0 Å². The average molecular weight is 559 g/mol. The summed E-state index contributed by atoms with van der Waals surface area (Å²) in [6.07, 6.45) is 2.48. The number of nitrogens with zero attached hydrogens (tertiary/aromatic N) is 2. The number of hydrogen-bond acceptors (Lipinski definition) is 6. The van der Waals surface area contributed by atoms with E-state index in [1.807, 2.05) is 0 Å². The summed E-state index contributed by atoms with van der Waals surface area (Å²) >= 11 is 0. The molecule has 4 aliphatic rings. The van der Waals surface area contributed by atoms with Crippen LogP contribution in [0.2, 0.25) is 0 Å². The summed E-state index contributed by atoms with van der Waals surface area (Å²) in [6, 6.07) is 17.9. The summed E-state index contributed by atoms with van der Waals surface area (Å²) in [5.74, 6) is 0. The third-order valence-electron chi connectivity index (χ3n) is 6.32. The van der Waals surface area contributed by atoms with Gasteiger partial charge in [0.15, 0.2) is 0 Å². The summed E-state index contributed by atoms with van der Waals surface area (Å²) in [4.78, 5) is 4.80. The third kappa shape index (κ3) is 8.06. The fourth-order valence-corrected chi connectivity index (χ4v) is 4.13. The van der Waals surface area contributed by atoms with E-state index in [4.69, 9.17) is 18.9 Å². The number of benzene rings is 2. The van der Waals surface area contributed by atoms with Crippen LogP contribution in [0.25, 0.3) is 0 Å². The van der Waals surface area contributed by atoms with Gasteiger partial charge in [-0.15, -0.1) is 0 Å². The quantitative estimate of drug-likeness (QED) is 0.199. The summed E-state index contributed by atoms with van der Waals surface area (Å²) in [6.45, 7) is 7.35. The topological polar surface area (TPSA) is 56.6 Å². The van der Waals surface area contributed by atoms with Crippen LogP contribution in [-0.2, 0) is 44.8 Å². The minimum Gasteiger partial charge on any atom is -1.00 e. The van der Waals surface area contributed by atoms with Crippen LogP contribution in [0.3, 0.4) is 0 Å². The van der Waals surface area contributed by atoms with E-state index in [2.05, 4.69) is 58.3 Å². The molecule has 0 bridgehead atoms. The zero-order valence-electron chi connectivity index (χ0n) is 19.3. The molecular formula is C25H30Cl2N2O4Zn. The van der Waals surface area contributed by atoms with Crippen molar-refractivity contribution in [3.05, 3.63) is 59.7 Å². The van der Waals surface area contributed by atoms with Crippen LogP contribution in [0.1, 0.15) is 11.1 Å². The Labute approximate surface area is 226 Å². The standard InChI is InChI=1S/C25H30N2O4.2ClH.Zn/c1-5-20(26(10-22-14-28-22)11-23-15-29-23)6-2-18(1)9-19-3-7-21(8-4-19)27(12-24-16-30-24)13-25-17-31-25;;;/h1-8,22-25H,9-17H2;2*1H;/q;;;+2/p-2. The van der Waals surface area contributed by atoms with Crippen molar-refractivity contribution in [1.82, 2.24) is 0 Å². The Balaban J connectivity index is 0.00000108. The Morgan fingerprint density at radius 1 is 0.529 bits per heavy atom. The first kappa shape index (κ1) is 27.7. The maximum absolute atomic E-state index is 5.44. The van der Waals surface area contributed by atoms with Gasteiger partial charge in [0.1, 0.15) is 0 Å². The SMILES string of the molecule is [Cl-].[Cl-].[Zn+2].c1cc(N(CC2CO2)CC2CO2)ccc1Cc1ccc(N(CC2CO2)CC2CO2)cc1. The van der Waals surface area contributed by atoms with Crippen molar-refractivity contribution in [3.63, 3.8) is 0 Å². The molecule has 180 valence electrons. The van der Waals surface area contributed by atoms with Crippen LogP contribution in [-0.4, -0.2) is 77.0 Å². The molecule has 0 N–H and O–H groups in total. The van der Waals surface area contributed by atoms with Gasteiger partial charge in [-0.05, 0) is 41.8 Å². The van der Waals surface area contributed by atoms with E-state index in [9.17, 15) is 0 Å². The number of rotatable bonds is 12. The molecule has 0 radical (unpaired) electrons. The van der Waals surface area contributed by atoms with Gasteiger partial charge in [0.05, 0.1) is 50.8 Å². The molecule has 9 heteroatoms. The van der Waals surface area contributed by atoms with Crippen LogP contribution in [0, 0.1) is 0 Å². The van der Waals surface area contributed by atoms with E-state index in [1.165, 1.54) is 22.5 Å². The number of hydrogen-bond donors (Lipinski definition) is 0. The summed E-state index contributed by atoms with van der Waals surface area (Å²) < 4.78 is 21.8. The van der Waals surface area contributed by atoms with Crippen molar-refractivity contribution < 1.29 is 63.2 Å². The van der Waals surface area contributed by atoms with Gasteiger partial charge in [0, 0.05) is 37.6 Å². The van der Waals surface area contributed by atoms with Crippen molar-refractivity contribution in [3.8, 4) is 0 Å². The molecule has 4 atom stereocenters. The Morgan fingerprint density at radius 2 is 0.794 bits per heavy atom. The number of anilines is 2. The Bertz CT molecular complexity index is 787. The van der Waals surface area contributed by atoms with Gasteiger partial charge in [-0.1, -0.05) is 24.3 Å². The van der Waals surface area contributed by atoms with Gasteiger partial charge >= 0.3 is 19.5 Å². The molecule has 0 saturated carbocycles. The maximum Gasteiger partial charge on any atom is 2.00 e. The molecule has 6 rings (SSSR count). The van der Waals surface area contributed by atoms with E-state index >= 15 is 0 Å². The number of epoxide rings is 4. The Kier molecular flexibility index (Phi) is 10.1. The zero-order valence-corrected chi connectivity index (χ0v) is 23.8. The molecule has 34 heavy (non-hydrogen) atoms. The second kappa shape index (κ2) is 12.4. The van der Waals surface area contributed by atoms with Gasteiger partial charge in [-0.3, -0.25) is 0 Å². The molecular weight excluding hydrogens is 529 g/mol. The van der Waals surface area contributed by atoms with Crippen LogP contribution in [0.4, 0.5) is 11.4 Å². The van der Waals surface area contributed by atoms with E-state index < -0.39 is 0 Å². The predicted octanol–water partition coefficient (Wildman–Crippen LogP) is -3.51. The summed E-state index contributed by atoms with van der Waals surface area (Å²) in [5, 5.41) is 0. The van der Waals surface area contributed by atoms with Crippen molar-refractivity contribution in [2.75, 3.05) is 62.4 Å². The molecule has 0 amide bonds. The molecule has 2 aromatic rings. The first-order valence-electron chi connectivity index (χ1n) is 11.4. The second-order valence-corrected chi connectivity index (χ2v) is 9.14. The van der Waals surface area contributed by atoms with Crippen LogP contribution >= 0.6 is 0 Å². The second-order valence-electron chi connectivity index (χ2n) is 9.14. The zero-order chi connectivity index (χ0) is 20.6. The molecule has 4 aliphatic heterocycles. The Hall–Kier alpha value is -0.917. The predicted molar refractivity (Wildman–Crippen MR) is 119 cm³/mol. The number of ether oxygens (including phenoxy) is 4. The minimum absolute atomic E-state index is 0. The van der Waals surface area contributed by atoms with Gasteiger partial charge in [0.25, 0.3) is 0 Å².